The van der Waals surface area contributed by atoms with Crippen LogP contribution in [0.15, 0.2) is 18.2 Å². The average molecular weight is 342 g/mol. The van der Waals surface area contributed by atoms with E-state index in [1.54, 1.807) is 15.9 Å². The predicted molar refractivity (Wildman–Crippen MR) is 97.4 cm³/mol. The molecule has 0 aliphatic carbocycles. The maximum Gasteiger partial charge on any atom is 0.410 e. The van der Waals surface area contributed by atoms with Gasteiger partial charge < -0.3 is 14.5 Å². The number of aryl methyl sites for hydroxylation is 1. The van der Waals surface area contributed by atoms with Crippen molar-refractivity contribution in [1.29, 1.82) is 0 Å². The van der Waals surface area contributed by atoms with Gasteiger partial charge in [-0.15, -0.1) is 6.42 Å². The Labute approximate surface area is 149 Å². The fourth-order valence-corrected chi connectivity index (χ4v) is 2.94. The molecule has 5 heteroatoms. The van der Waals surface area contributed by atoms with Crippen LogP contribution in [0.1, 0.15) is 49.2 Å². The highest BCUT2D eigenvalue weighted by molar-refractivity contribution is 5.97. The number of hydrogen-bond acceptors (Lipinski definition) is 3. The summed E-state index contributed by atoms with van der Waals surface area (Å²) < 4.78 is 5.44. The number of ether oxygens (including phenoxy) is 1. The standard InChI is InChI=1S/C20H26N2O3/c1-7-16-14(2)9-8-10-17(16)18(23)21-11-12-22(15(3)13-21)19(24)25-20(4,5)6/h1,8-10,15H,11-13H2,2-6H3/t15-/m0/s1. The molecule has 0 spiro atoms. The zero-order chi connectivity index (χ0) is 18.8. The summed E-state index contributed by atoms with van der Waals surface area (Å²) in [5.74, 6) is 2.53. The van der Waals surface area contributed by atoms with Crippen LogP contribution in [0.5, 0.6) is 0 Å². The van der Waals surface area contributed by atoms with Gasteiger partial charge in [0.1, 0.15) is 5.60 Å². The Balaban J connectivity index is 2.11. The average Bonchev–Trinajstić information content (AvgIpc) is 2.52. The van der Waals surface area contributed by atoms with Gasteiger partial charge >= 0.3 is 6.09 Å². The first-order valence-corrected chi connectivity index (χ1v) is 8.49. The van der Waals surface area contributed by atoms with E-state index in [1.807, 2.05) is 46.8 Å². The Hall–Kier alpha value is -2.48. The first-order chi connectivity index (χ1) is 11.6. The Morgan fingerprint density at radius 2 is 1.96 bits per heavy atom. The van der Waals surface area contributed by atoms with Crippen LogP contribution in [0.2, 0.25) is 0 Å². The lowest BCUT2D eigenvalue weighted by atomic mass is 10.0. The molecule has 2 rings (SSSR count). The van der Waals surface area contributed by atoms with Crippen LogP contribution in [0.3, 0.4) is 0 Å². The van der Waals surface area contributed by atoms with E-state index in [-0.39, 0.29) is 18.0 Å². The van der Waals surface area contributed by atoms with Crippen LogP contribution in [0, 0.1) is 19.3 Å². The van der Waals surface area contributed by atoms with Gasteiger partial charge in [-0.1, -0.05) is 18.1 Å². The van der Waals surface area contributed by atoms with Crippen molar-refractivity contribution >= 4 is 12.0 Å². The Morgan fingerprint density at radius 1 is 1.28 bits per heavy atom. The summed E-state index contributed by atoms with van der Waals surface area (Å²) in [7, 11) is 0. The van der Waals surface area contributed by atoms with Crippen LogP contribution in [-0.4, -0.2) is 53.1 Å². The highest BCUT2D eigenvalue weighted by Gasteiger charge is 2.33. The highest BCUT2D eigenvalue weighted by Crippen LogP contribution is 2.20. The van der Waals surface area contributed by atoms with E-state index in [1.165, 1.54) is 0 Å². The molecule has 0 N–H and O–H groups in total. The third-order valence-electron chi connectivity index (χ3n) is 4.19. The van der Waals surface area contributed by atoms with Gasteiger partial charge in [-0.2, -0.15) is 0 Å². The zero-order valence-electron chi connectivity index (χ0n) is 15.6. The first kappa shape index (κ1) is 18.9. The van der Waals surface area contributed by atoms with E-state index in [4.69, 9.17) is 11.2 Å². The molecular weight excluding hydrogens is 316 g/mol. The normalized spacial score (nSPS) is 17.8. The summed E-state index contributed by atoms with van der Waals surface area (Å²) in [5, 5.41) is 0. The molecular formula is C20H26N2O3. The summed E-state index contributed by atoms with van der Waals surface area (Å²) >= 11 is 0. The molecule has 1 aromatic rings. The number of piperazine rings is 1. The van der Waals surface area contributed by atoms with Crippen molar-refractivity contribution in [2.24, 2.45) is 0 Å². The van der Waals surface area contributed by atoms with Crippen molar-refractivity contribution in [3.05, 3.63) is 34.9 Å². The molecule has 5 nitrogen and oxygen atoms in total. The van der Waals surface area contributed by atoms with E-state index in [0.717, 1.165) is 5.56 Å². The molecule has 0 bridgehead atoms. The van der Waals surface area contributed by atoms with E-state index in [0.29, 0.717) is 30.8 Å². The van der Waals surface area contributed by atoms with Gasteiger partial charge in [0.2, 0.25) is 0 Å². The van der Waals surface area contributed by atoms with Gasteiger partial charge in [-0.3, -0.25) is 4.79 Å². The highest BCUT2D eigenvalue weighted by atomic mass is 16.6. The lowest BCUT2D eigenvalue weighted by Crippen LogP contribution is -2.56. The molecule has 1 saturated heterocycles. The fraction of sp³-hybridized carbons (Fsp3) is 0.500. The number of nitrogens with zero attached hydrogens (tertiary/aromatic N) is 2. The number of hydrogen-bond donors (Lipinski definition) is 0. The van der Waals surface area contributed by atoms with Gasteiger partial charge in [0.05, 0.1) is 5.56 Å². The van der Waals surface area contributed by atoms with Crippen LogP contribution in [0.25, 0.3) is 0 Å². The molecule has 1 atom stereocenters. The molecule has 1 aliphatic heterocycles. The van der Waals surface area contributed by atoms with Crippen molar-refractivity contribution in [3.63, 3.8) is 0 Å². The van der Waals surface area contributed by atoms with Gasteiger partial charge in [-0.05, 0) is 46.2 Å². The minimum atomic E-state index is -0.535. The Morgan fingerprint density at radius 3 is 2.52 bits per heavy atom. The molecule has 0 unspecified atom stereocenters. The molecule has 25 heavy (non-hydrogen) atoms. The first-order valence-electron chi connectivity index (χ1n) is 8.49. The van der Waals surface area contributed by atoms with Crippen molar-refractivity contribution in [1.82, 2.24) is 9.80 Å². The van der Waals surface area contributed by atoms with Crippen LogP contribution >= 0.6 is 0 Å². The molecule has 2 amide bonds. The van der Waals surface area contributed by atoms with Crippen molar-refractivity contribution in [2.45, 2.75) is 46.3 Å². The Kier molecular flexibility index (Phi) is 5.42. The monoisotopic (exact) mass is 342 g/mol. The van der Waals surface area contributed by atoms with E-state index < -0.39 is 5.60 Å². The number of rotatable bonds is 1. The third-order valence-corrected chi connectivity index (χ3v) is 4.19. The van der Waals surface area contributed by atoms with E-state index >= 15 is 0 Å². The van der Waals surface area contributed by atoms with Crippen molar-refractivity contribution in [3.8, 4) is 12.3 Å². The molecule has 1 heterocycles. The number of carbonyl (C=O) groups is 2. The van der Waals surface area contributed by atoms with Gasteiger partial charge in [-0.25, -0.2) is 4.79 Å². The quantitative estimate of drug-likeness (QED) is 0.737. The minimum Gasteiger partial charge on any atom is -0.444 e. The number of amides is 2. The van der Waals surface area contributed by atoms with Crippen molar-refractivity contribution in [2.75, 3.05) is 19.6 Å². The lowest BCUT2D eigenvalue weighted by Gasteiger charge is -2.40. The third kappa shape index (κ3) is 4.33. The summed E-state index contributed by atoms with van der Waals surface area (Å²) in [6.07, 6.45) is 5.24. The number of carbonyl (C=O) groups excluding carboxylic acids is 2. The summed E-state index contributed by atoms with van der Waals surface area (Å²) in [6, 6.07) is 5.38. The van der Waals surface area contributed by atoms with E-state index in [9.17, 15) is 9.59 Å². The predicted octanol–water partition coefficient (Wildman–Crippen LogP) is 3.06. The molecule has 134 valence electrons. The van der Waals surface area contributed by atoms with Gasteiger partial charge in [0, 0.05) is 31.2 Å². The second-order valence-corrected chi connectivity index (χ2v) is 7.42. The SMILES string of the molecule is C#Cc1c(C)cccc1C(=O)N1CCN(C(=O)OC(C)(C)C)[C@@H](C)C1. The largest absolute Gasteiger partial charge is 0.444 e. The topological polar surface area (TPSA) is 49.9 Å². The van der Waals surface area contributed by atoms with Crippen LogP contribution < -0.4 is 0 Å². The molecule has 1 aliphatic rings. The summed E-state index contributed by atoms with van der Waals surface area (Å²) in [6.45, 7) is 10.7. The molecule has 0 saturated carbocycles. The molecule has 0 aromatic heterocycles. The number of terminal acetylenes is 1. The van der Waals surface area contributed by atoms with Gasteiger partial charge in [0.15, 0.2) is 0 Å². The minimum absolute atomic E-state index is 0.0904. The maximum atomic E-state index is 12.9. The zero-order valence-corrected chi connectivity index (χ0v) is 15.6. The van der Waals surface area contributed by atoms with E-state index in [2.05, 4.69) is 5.92 Å². The molecule has 0 radical (unpaired) electrons. The summed E-state index contributed by atoms with van der Waals surface area (Å²) in [5.41, 5.74) is 1.55. The molecule has 1 aromatic carbocycles. The Bertz CT molecular complexity index is 713. The summed E-state index contributed by atoms with van der Waals surface area (Å²) in [4.78, 5) is 28.6. The second-order valence-electron chi connectivity index (χ2n) is 7.42. The van der Waals surface area contributed by atoms with Crippen LogP contribution in [-0.2, 0) is 4.74 Å². The van der Waals surface area contributed by atoms with Crippen molar-refractivity contribution < 1.29 is 14.3 Å². The second kappa shape index (κ2) is 7.18. The maximum absolute atomic E-state index is 12.9. The van der Waals surface area contributed by atoms with Crippen LogP contribution in [0.4, 0.5) is 4.79 Å². The fourth-order valence-electron chi connectivity index (χ4n) is 2.94. The van der Waals surface area contributed by atoms with Gasteiger partial charge in [0.25, 0.3) is 5.91 Å². The number of benzene rings is 1. The lowest BCUT2D eigenvalue weighted by molar-refractivity contribution is 0.00198. The smallest absolute Gasteiger partial charge is 0.410 e. The molecule has 1 fully saturated rings.